The number of carbonyl (C=O) groups is 2. The van der Waals surface area contributed by atoms with Gasteiger partial charge in [-0.3, -0.25) is 14.6 Å². The number of anilines is 2. The third-order valence-electron chi connectivity index (χ3n) is 7.01. The third-order valence-corrected chi connectivity index (χ3v) is 7.01. The van der Waals surface area contributed by atoms with E-state index in [0.29, 0.717) is 25.3 Å². The van der Waals surface area contributed by atoms with E-state index in [-0.39, 0.29) is 23.8 Å². The average Bonchev–Trinajstić information content (AvgIpc) is 3.42. The lowest BCUT2D eigenvalue weighted by Gasteiger charge is -2.31. The van der Waals surface area contributed by atoms with Crippen molar-refractivity contribution in [3.05, 3.63) is 66.1 Å². The minimum Gasteiger partial charge on any atom is -0.474 e. The van der Waals surface area contributed by atoms with Crippen molar-refractivity contribution < 1.29 is 14.3 Å². The van der Waals surface area contributed by atoms with Crippen molar-refractivity contribution in [2.45, 2.75) is 38.6 Å². The number of ether oxygens (including phenoxy) is 1. The molecule has 2 aromatic heterocycles. The Bertz CT molecular complexity index is 1260. The maximum absolute atomic E-state index is 12.7. The molecule has 7 heteroatoms. The number of fused-ring (bicyclic) bond motifs is 3. The van der Waals surface area contributed by atoms with Gasteiger partial charge in [-0.1, -0.05) is 25.1 Å². The van der Waals surface area contributed by atoms with Crippen molar-refractivity contribution >= 4 is 23.2 Å². The summed E-state index contributed by atoms with van der Waals surface area (Å²) in [5.74, 6) is 0.893. The summed E-state index contributed by atoms with van der Waals surface area (Å²) in [5.41, 5.74) is 5.74. The summed E-state index contributed by atoms with van der Waals surface area (Å²) in [6.45, 7) is 3.28. The Morgan fingerprint density at radius 2 is 1.85 bits per heavy atom. The number of nitrogens with zero attached hydrogens (tertiary/aromatic N) is 4. The second kappa shape index (κ2) is 8.24. The van der Waals surface area contributed by atoms with Crippen LogP contribution in [0.5, 0.6) is 5.88 Å². The van der Waals surface area contributed by atoms with E-state index in [1.54, 1.807) is 6.20 Å². The van der Waals surface area contributed by atoms with Crippen molar-refractivity contribution in [1.29, 1.82) is 0 Å². The summed E-state index contributed by atoms with van der Waals surface area (Å²) in [6.07, 6.45) is 6.68. The number of carbonyl (C=O) groups excluding carboxylic acids is 2. The van der Waals surface area contributed by atoms with Crippen molar-refractivity contribution in [2.24, 2.45) is 5.92 Å². The van der Waals surface area contributed by atoms with Gasteiger partial charge < -0.3 is 14.5 Å². The molecule has 3 aliphatic heterocycles. The summed E-state index contributed by atoms with van der Waals surface area (Å²) >= 11 is 0. The fraction of sp³-hybridized carbons (Fsp3) is 0.333. The van der Waals surface area contributed by atoms with Crippen LogP contribution in [0.2, 0.25) is 0 Å². The first kappa shape index (κ1) is 20.8. The van der Waals surface area contributed by atoms with E-state index < -0.39 is 0 Å². The molecule has 2 saturated heterocycles. The molecule has 6 rings (SSSR count). The Hall–Kier alpha value is -3.74. The van der Waals surface area contributed by atoms with Crippen LogP contribution in [-0.4, -0.2) is 41.0 Å². The van der Waals surface area contributed by atoms with Gasteiger partial charge in [-0.25, -0.2) is 4.98 Å². The standard InChI is InChI=1S/C27H26N4O3/c1-17-11-23-16-34-26-24(31(23)27(17)33)13-18(14-29-26)12-21-7-4-20(15-28-21)19-5-8-22(9-6-19)30-10-2-3-25(30)32/h4-9,13-15,17,23H,2-3,10-12,16H2,1H3/t17?,23-/m0/s1. The topological polar surface area (TPSA) is 75.6 Å². The number of hydrogen-bond donors (Lipinski definition) is 0. The van der Waals surface area contributed by atoms with Gasteiger partial charge in [-0.15, -0.1) is 0 Å². The van der Waals surface area contributed by atoms with Gasteiger partial charge in [0.05, 0.1) is 6.04 Å². The number of aromatic nitrogens is 2. The van der Waals surface area contributed by atoms with Crippen molar-refractivity contribution in [1.82, 2.24) is 9.97 Å². The molecule has 0 bridgehead atoms. The van der Waals surface area contributed by atoms with Crippen LogP contribution >= 0.6 is 0 Å². The van der Waals surface area contributed by atoms with Crippen LogP contribution in [0, 0.1) is 5.92 Å². The second-order valence-corrected chi connectivity index (χ2v) is 9.39. The van der Waals surface area contributed by atoms with Gasteiger partial charge in [0.2, 0.25) is 17.7 Å². The highest BCUT2D eigenvalue weighted by molar-refractivity contribution is 5.99. The molecule has 172 valence electrons. The molecule has 2 atom stereocenters. The van der Waals surface area contributed by atoms with Crippen LogP contribution < -0.4 is 14.5 Å². The predicted molar refractivity (Wildman–Crippen MR) is 129 cm³/mol. The largest absolute Gasteiger partial charge is 0.474 e. The van der Waals surface area contributed by atoms with Gasteiger partial charge in [-0.05, 0) is 48.2 Å². The molecule has 0 N–H and O–H groups in total. The highest BCUT2D eigenvalue weighted by Crippen LogP contribution is 2.39. The molecule has 3 aliphatic rings. The van der Waals surface area contributed by atoms with Gasteiger partial charge in [-0.2, -0.15) is 0 Å². The monoisotopic (exact) mass is 454 g/mol. The Labute approximate surface area is 198 Å². The van der Waals surface area contributed by atoms with Crippen LogP contribution in [0.1, 0.15) is 37.4 Å². The molecule has 5 heterocycles. The summed E-state index contributed by atoms with van der Waals surface area (Å²) in [6, 6.07) is 14.3. The number of rotatable bonds is 4. The highest BCUT2D eigenvalue weighted by atomic mass is 16.5. The SMILES string of the molecule is CC1C[C@H]2COc3ncc(Cc4ccc(-c5ccc(N6CCCC6=O)cc5)cn4)cc3N2C1=O. The maximum Gasteiger partial charge on any atom is 0.238 e. The number of benzene rings is 1. The summed E-state index contributed by atoms with van der Waals surface area (Å²) in [4.78, 5) is 37.5. The van der Waals surface area contributed by atoms with Gasteiger partial charge in [0.25, 0.3) is 0 Å². The summed E-state index contributed by atoms with van der Waals surface area (Å²) in [7, 11) is 0. The van der Waals surface area contributed by atoms with Gasteiger partial charge in [0.15, 0.2) is 0 Å². The minimum absolute atomic E-state index is 0.0160. The molecular formula is C27H26N4O3. The molecular weight excluding hydrogens is 428 g/mol. The Morgan fingerprint density at radius 3 is 2.59 bits per heavy atom. The molecule has 0 saturated carbocycles. The first-order valence-corrected chi connectivity index (χ1v) is 11.9. The van der Waals surface area contributed by atoms with Gasteiger partial charge >= 0.3 is 0 Å². The fourth-order valence-electron chi connectivity index (χ4n) is 5.19. The van der Waals surface area contributed by atoms with Gasteiger partial charge in [0, 0.05) is 54.6 Å². The second-order valence-electron chi connectivity index (χ2n) is 9.39. The number of amides is 2. The summed E-state index contributed by atoms with van der Waals surface area (Å²) < 4.78 is 5.81. The summed E-state index contributed by atoms with van der Waals surface area (Å²) in [5, 5.41) is 0. The fourth-order valence-corrected chi connectivity index (χ4v) is 5.19. The van der Waals surface area contributed by atoms with Crippen molar-refractivity contribution in [3.63, 3.8) is 0 Å². The first-order chi connectivity index (χ1) is 16.6. The van der Waals surface area contributed by atoms with E-state index in [0.717, 1.165) is 53.1 Å². The molecule has 2 fully saturated rings. The van der Waals surface area contributed by atoms with E-state index in [9.17, 15) is 9.59 Å². The molecule has 1 unspecified atom stereocenters. The van der Waals surface area contributed by atoms with Crippen molar-refractivity contribution in [2.75, 3.05) is 23.0 Å². The lowest BCUT2D eigenvalue weighted by atomic mass is 10.1. The molecule has 7 nitrogen and oxygen atoms in total. The molecule has 1 aromatic carbocycles. The molecule has 0 radical (unpaired) electrons. The smallest absolute Gasteiger partial charge is 0.238 e. The predicted octanol–water partition coefficient (Wildman–Crippen LogP) is 4.00. The van der Waals surface area contributed by atoms with Crippen LogP contribution in [0.3, 0.4) is 0 Å². The van der Waals surface area contributed by atoms with Crippen LogP contribution in [-0.2, 0) is 16.0 Å². The van der Waals surface area contributed by atoms with E-state index in [1.165, 1.54) is 0 Å². The third kappa shape index (κ3) is 3.61. The molecule has 2 amide bonds. The highest BCUT2D eigenvalue weighted by Gasteiger charge is 2.42. The lowest BCUT2D eigenvalue weighted by Crippen LogP contribution is -2.41. The van der Waals surface area contributed by atoms with Crippen LogP contribution in [0.15, 0.2) is 54.9 Å². The van der Waals surface area contributed by atoms with E-state index >= 15 is 0 Å². The molecule has 0 spiro atoms. The van der Waals surface area contributed by atoms with Crippen LogP contribution in [0.4, 0.5) is 11.4 Å². The lowest BCUT2D eigenvalue weighted by molar-refractivity contribution is -0.120. The zero-order valence-electron chi connectivity index (χ0n) is 19.1. The molecule has 34 heavy (non-hydrogen) atoms. The number of hydrogen-bond acceptors (Lipinski definition) is 5. The minimum atomic E-state index is 0.0160. The Balaban J connectivity index is 1.18. The molecule has 3 aromatic rings. The number of pyridine rings is 2. The normalized spacial score (nSPS) is 21.4. The zero-order chi connectivity index (χ0) is 23.2. The zero-order valence-corrected chi connectivity index (χ0v) is 19.1. The van der Waals surface area contributed by atoms with E-state index in [2.05, 4.69) is 16.0 Å². The Kier molecular flexibility index (Phi) is 5.05. The molecule has 0 aliphatic carbocycles. The first-order valence-electron chi connectivity index (χ1n) is 11.9. The maximum atomic E-state index is 12.7. The quantitative estimate of drug-likeness (QED) is 0.596. The van der Waals surface area contributed by atoms with Gasteiger partial charge in [0.1, 0.15) is 12.3 Å². The van der Waals surface area contributed by atoms with Crippen molar-refractivity contribution in [3.8, 4) is 17.0 Å². The van der Waals surface area contributed by atoms with Crippen LogP contribution in [0.25, 0.3) is 11.1 Å². The average molecular weight is 455 g/mol. The van der Waals surface area contributed by atoms with E-state index in [4.69, 9.17) is 4.74 Å². The van der Waals surface area contributed by atoms with E-state index in [1.807, 2.05) is 59.3 Å². The Morgan fingerprint density at radius 1 is 1.03 bits per heavy atom.